The van der Waals surface area contributed by atoms with Crippen molar-refractivity contribution < 1.29 is 17.9 Å². The minimum Gasteiger partial charge on any atom is -0.492 e. The van der Waals surface area contributed by atoms with Crippen LogP contribution in [0.2, 0.25) is 5.02 Å². The van der Waals surface area contributed by atoms with E-state index in [0.717, 1.165) is 26.7 Å². The molecule has 0 aromatic heterocycles. The van der Waals surface area contributed by atoms with E-state index in [2.05, 4.69) is 11.4 Å². The number of hydrogen-bond donors (Lipinski definition) is 1. The van der Waals surface area contributed by atoms with E-state index in [4.69, 9.17) is 16.3 Å². The standard InChI is InChI=1S/C25H27ClN2O4S/c1-18-14-19(2)16-22(15-18)32-13-12-27-25(29)17-28(24-7-5-4-6-20(24)3)33(30,31)23-10-8-21(26)9-11-23/h4-11,14-16H,12-13,17H2,1-3H3,(H,27,29). The van der Waals surface area contributed by atoms with Crippen LogP contribution < -0.4 is 14.4 Å². The van der Waals surface area contributed by atoms with E-state index in [1.807, 2.05) is 32.0 Å². The molecule has 0 unspecified atom stereocenters. The van der Waals surface area contributed by atoms with Gasteiger partial charge in [-0.1, -0.05) is 35.9 Å². The van der Waals surface area contributed by atoms with Gasteiger partial charge < -0.3 is 10.1 Å². The summed E-state index contributed by atoms with van der Waals surface area (Å²) in [6.45, 7) is 5.93. The number of carbonyl (C=O) groups excluding carboxylic acids is 1. The molecular formula is C25H27ClN2O4S. The van der Waals surface area contributed by atoms with Gasteiger partial charge in [-0.05, 0) is 79.9 Å². The highest BCUT2D eigenvalue weighted by Gasteiger charge is 2.28. The number of aryl methyl sites for hydroxylation is 3. The fourth-order valence-corrected chi connectivity index (χ4v) is 5.05. The number of hydrogen-bond acceptors (Lipinski definition) is 4. The van der Waals surface area contributed by atoms with Gasteiger partial charge in [0.25, 0.3) is 10.0 Å². The Kier molecular flexibility index (Phi) is 8.00. The largest absolute Gasteiger partial charge is 0.492 e. The SMILES string of the molecule is Cc1cc(C)cc(OCCNC(=O)CN(c2ccccc2C)S(=O)(=O)c2ccc(Cl)cc2)c1. The first-order chi connectivity index (χ1) is 15.7. The first-order valence-corrected chi connectivity index (χ1v) is 12.3. The van der Waals surface area contributed by atoms with Gasteiger partial charge in [0.2, 0.25) is 5.91 Å². The molecule has 174 valence electrons. The van der Waals surface area contributed by atoms with Gasteiger partial charge in [-0.25, -0.2) is 8.42 Å². The molecule has 33 heavy (non-hydrogen) atoms. The molecule has 8 heteroatoms. The van der Waals surface area contributed by atoms with E-state index in [1.165, 1.54) is 24.3 Å². The van der Waals surface area contributed by atoms with Gasteiger partial charge in [0.15, 0.2) is 0 Å². The highest BCUT2D eigenvalue weighted by atomic mass is 35.5. The van der Waals surface area contributed by atoms with Crippen LogP contribution in [0.15, 0.2) is 71.6 Å². The zero-order valence-corrected chi connectivity index (χ0v) is 20.4. The number of carbonyl (C=O) groups is 1. The van der Waals surface area contributed by atoms with E-state index >= 15 is 0 Å². The summed E-state index contributed by atoms with van der Waals surface area (Å²) in [7, 11) is -3.99. The average Bonchev–Trinajstić information content (AvgIpc) is 2.75. The molecule has 1 N–H and O–H groups in total. The molecule has 1 amide bonds. The maximum absolute atomic E-state index is 13.4. The number of halogens is 1. The summed E-state index contributed by atoms with van der Waals surface area (Å²) in [5, 5.41) is 3.17. The smallest absolute Gasteiger partial charge is 0.264 e. The lowest BCUT2D eigenvalue weighted by Gasteiger charge is -2.25. The number of amides is 1. The van der Waals surface area contributed by atoms with E-state index in [-0.39, 0.29) is 24.6 Å². The fourth-order valence-electron chi connectivity index (χ4n) is 3.44. The predicted octanol–water partition coefficient (Wildman–Crippen LogP) is 4.66. The average molecular weight is 487 g/mol. The number of benzene rings is 3. The molecule has 0 spiro atoms. The molecule has 0 saturated heterocycles. The Labute approximate surface area is 200 Å². The summed E-state index contributed by atoms with van der Waals surface area (Å²) >= 11 is 5.92. The monoisotopic (exact) mass is 486 g/mol. The van der Waals surface area contributed by atoms with Crippen molar-refractivity contribution in [1.82, 2.24) is 5.32 Å². The fraction of sp³-hybridized carbons (Fsp3) is 0.240. The molecule has 0 aliphatic rings. The molecule has 0 heterocycles. The molecule has 0 aliphatic carbocycles. The second-order valence-corrected chi connectivity index (χ2v) is 10.1. The van der Waals surface area contributed by atoms with E-state index in [1.54, 1.807) is 25.1 Å². The predicted molar refractivity (Wildman–Crippen MR) is 132 cm³/mol. The Morgan fingerprint density at radius 3 is 2.24 bits per heavy atom. The molecule has 0 bridgehead atoms. The van der Waals surface area contributed by atoms with Crippen molar-refractivity contribution >= 4 is 33.2 Å². The summed E-state index contributed by atoms with van der Waals surface area (Å²) in [5.74, 6) is 0.299. The summed E-state index contributed by atoms with van der Waals surface area (Å²) in [6, 6.07) is 18.8. The third-order valence-corrected chi connectivity index (χ3v) is 6.99. The van der Waals surface area contributed by atoms with Crippen molar-refractivity contribution in [3.05, 3.63) is 88.4 Å². The lowest BCUT2D eigenvalue weighted by Crippen LogP contribution is -2.42. The van der Waals surface area contributed by atoms with Gasteiger partial charge in [-0.2, -0.15) is 0 Å². The number of nitrogens with one attached hydrogen (secondary N) is 1. The molecule has 3 aromatic carbocycles. The highest BCUT2D eigenvalue weighted by Crippen LogP contribution is 2.27. The summed E-state index contributed by atoms with van der Waals surface area (Å²) in [6.07, 6.45) is 0. The van der Waals surface area contributed by atoms with Crippen LogP contribution in [0.3, 0.4) is 0 Å². The van der Waals surface area contributed by atoms with Crippen LogP contribution in [-0.2, 0) is 14.8 Å². The van der Waals surface area contributed by atoms with Crippen molar-refractivity contribution in [3.63, 3.8) is 0 Å². The van der Waals surface area contributed by atoms with Crippen LogP contribution >= 0.6 is 11.6 Å². The summed E-state index contributed by atoms with van der Waals surface area (Å²) in [5.41, 5.74) is 3.36. The third-order valence-electron chi connectivity index (χ3n) is 4.96. The van der Waals surface area contributed by atoms with Crippen LogP contribution in [0.4, 0.5) is 5.69 Å². The Morgan fingerprint density at radius 1 is 0.970 bits per heavy atom. The summed E-state index contributed by atoms with van der Waals surface area (Å²) in [4.78, 5) is 12.8. The molecule has 0 atom stereocenters. The number of ether oxygens (including phenoxy) is 1. The Bertz CT molecular complexity index is 1210. The van der Waals surface area contributed by atoms with Gasteiger partial charge in [0.05, 0.1) is 17.1 Å². The topological polar surface area (TPSA) is 75.7 Å². The van der Waals surface area contributed by atoms with E-state index in [9.17, 15) is 13.2 Å². The van der Waals surface area contributed by atoms with Crippen molar-refractivity contribution in [3.8, 4) is 5.75 Å². The zero-order chi connectivity index (χ0) is 24.0. The van der Waals surface area contributed by atoms with Crippen LogP contribution in [0.25, 0.3) is 0 Å². The molecule has 0 radical (unpaired) electrons. The van der Waals surface area contributed by atoms with Crippen molar-refractivity contribution in [2.45, 2.75) is 25.7 Å². The number of anilines is 1. The minimum atomic E-state index is -3.99. The maximum Gasteiger partial charge on any atom is 0.264 e. The molecule has 0 aliphatic heterocycles. The lowest BCUT2D eigenvalue weighted by molar-refractivity contribution is -0.119. The van der Waals surface area contributed by atoms with Crippen LogP contribution in [0.5, 0.6) is 5.75 Å². The molecule has 6 nitrogen and oxygen atoms in total. The lowest BCUT2D eigenvalue weighted by atomic mass is 10.1. The van der Waals surface area contributed by atoms with Gasteiger partial charge in [-0.15, -0.1) is 0 Å². The first-order valence-electron chi connectivity index (χ1n) is 10.5. The molecule has 3 rings (SSSR count). The maximum atomic E-state index is 13.4. The zero-order valence-electron chi connectivity index (χ0n) is 18.8. The normalized spacial score (nSPS) is 11.2. The number of sulfonamides is 1. The Hall–Kier alpha value is -3.03. The van der Waals surface area contributed by atoms with Gasteiger partial charge in [0, 0.05) is 5.02 Å². The molecule has 3 aromatic rings. The molecule has 0 fully saturated rings. The summed E-state index contributed by atoms with van der Waals surface area (Å²) < 4.78 is 33.6. The van der Waals surface area contributed by atoms with Gasteiger partial charge in [0.1, 0.15) is 18.9 Å². The van der Waals surface area contributed by atoms with E-state index in [0.29, 0.717) is 10.7 Å². The second-order valence-electron chi connectivity index (χ2n) is 7.77. The number of para-hydroxylation sites is 1. The van der Waals surface area contributed by atoms with E-state index < -0.39 is 15.9 Å². The third kappa shape index (κ3) is 6.49. The minimum absolute atomic E-state index is 0.0566. The second kappa shape index (κ2) is 10.7. The highest BCUT2D eigenvalue weighted by molar-refractivity contribution is 7.92. The van der Waals surface area contributed by atoms with Crippen LogP contribution in [0, 0.1) is 20.8 Å². The quantitative estimate of drug-likeness (QED) is 0.446. The van der Waals surface area contributed by atoms with Crippen LogP contribution in [0.1, 0.15) is 16.7 Å². The van der Waals surface area contributed by atoms with Crippen LogP contribution in [-0.4, -0.2) is 34.0 Å². The number of rotatable bonds is 9. The van der Waals surface area contributed by atoms with Crippen molar-refractivity contribution in [2.75, 3.05) is 24.0 Å². The molecular weight excluding hydrogens is 460 g/mol. The Morgan fingerprint density at radius 2 is 1.61 bits per heavy atom. The van der Waals surface area contributed by atoms with Crippen molar-refractivity contribution in [2.24, 2.45) is 0 Å². The van der Waals surface area contributed by atoms with Gasteiger partial charge in [-0.3, -0.25) is 9.10 Å². The van der Waals surface area contributed by atoms with Crippen molar-refractivity contribution in [1.29, 1.82) is 0 Å². The Balaban J connectivity index is 1.71. The first kappa shape index (κ1) is 24.6. The molecule has 0 saturated carbocycles. The number of nitrogens with zero attached hydrogens (tertiary/aromatic N) is 1. The van der Waals surface area contributed by atoms with Gasteiger partial charge >= 0.3 is 0 Å².